The molecule has 0 aliphatic carbocycles. The average Bonchev–Trinajstić information content (AvgIpc) is 3.37. The average molecular weight is 555 g/mol. The Morgan fingerprint density at radius 3 is 2.28 bits per heavy atom. The molecule has 2 aliphatic heterocycles. The van der Waals surface area contributed by atoms with Crippen LogP contribution in [0.3, 0.4) is 0 Å². The Morgan fingerprint density at radius 1 is 0.944 bits per heavy atom. The van der Waals surface area contributed by atoms with Crippen LogP contribution in [0.2, 0.25) is 10.0 Å². The quantitative estimate of drug-likeness (QED) is 0.469. The maximum absolute atomic E-state index is 13.3. The molecule has 2 heterocycles. The normalized spacial score (nSPS) is 19.4. The summed E-state index contributed by atoms with van der Waals surface area (Å²) in [4.78, 5) is 14.7. The zero-order valence-electron chi connectivity index (χ0n) is 20.3. The molecule has 10 heteroatoms. The molecule has 2 aromatic carbocycles. The van der Waals surface area contributed by atoms with Crippen molar-refractivity contribution in [3.05, 3.63) is 63.6 Å². The smallest absolute Gasteiger partial charge is 0.246 e. The SMILES string of the molecule is O=C(COCC1CCCCN1S(=O)(=O)c1c(Cl)cccc1Cl)NCc1ccc(CN2CCCC2)cc1. The fourth-order valence-electron chi connectivity index (χ4n) is 4.80. The van der Waals surface area contributed by atoms with Gasteiger partial charge in [-0.15, -0.1) is 0 Å². The molecule has 36 heavy (non-hydrogen) atoms. The lowest BCUT2D eigenvalue weighted by atomic mass is 10.1. The lowest BCUT2D eigenvalue weighted by Gasteiger charge is -2.34. The van der Waals surface area contributed by atoms with Crippen LogP contribution in [0.15, 0.2) is 47.4 Å². The third-order valence-corrected chi connectivity index (χ3v) is 9.63. The van der Waals surface area contributed by atoms with Crippen LogP contribution in [-0.2, 0) is 32.6 Å². The number of nitrogens with zero attached hydrogens (tertiary/aromatic N) is 2. The van der Waals surface area contributed by atoms with Crippen molar-refractivity contribution >= 4 is 39.1 Å². The van der Waals surface area contributed by atoms with Crippen LogP contribution in [0.5, 0.6) is 0 Å². The number of carbonyl (C=O) groups excluding carboxylic acids is 1. The summed E-state index contributed by atoms with van der Waals surface area (Å²) in [6, 6.07) is 12.6. The van der Waals surface area contributed by atoms with E-state index in [1.807, 2.05) is 12.1 Å². The number of ether oxygens (including phenoxy) is 1. The second-order valence-electron chi connectivity index (χ2n) is 9.41. The van der Waals surface area contributed by atoms with Crippen LogP contribution in [-0.4, -0.2) is 62.4 Å². The molecule has 1 atom stereocenters. The summed E-state index contributed by atoms with van der Waals surface area (Å²) in [6.45, 7) is 4.06. The zero-order valence-corrected chi connectivity index (χ0v) is 22.6. The third-order valence-electron chi connectivity index (χ3n) is 6.72. The molecule has 1 unspecified atom stereocenters. The molecule has 2 saturated heterocycles. The van der Waals surface area contributed by atoms with Crippen molar-refractivity contribution in [1.82, 2.24) is 14.5 Å². The molecule has 196 valence electrons. The van der Waals surface area contributed by atoms with Gasteiger partial charge in [0.15, 0.2) is 0 Å². The van der Waals surface area contributed by atoms with Gasteiger partial charge in [-0.1, -0.05) is 60.0 Å². The van der Waals surface area contributed by atoms with Crippen molar-refractivity contribution in [2.24, 2.45) is 0 Å². The van der Waals surface area contributed by atoms with Gasteiger partial charge in [-0.25, -0.2) is 8.42 Å². The number of sulfonamides is 1. The Labute approximate surface area is 223 Å². The number of hydrogen-bond acceptors (Lipinski definition) is 5. The molecule has 1 N–H and O–H groups in total. The van der Waals surface area contributed by atoms with Crippen LogP contribution < -0.4 is 5.32 Å². The number of rotatable bonds is 10. The highest BCUT2D eigenvalue weighted by molar-refractivity contribution is 7.89. The molecular weight excluding hydrogens is 521 g/mol. The van der Waals surface area contributed by atoms with E-state index >= 15 is 0 Å². The van der Waals surface area contributed by atoms with E-state index in [0.717, 1.165) is 38.0 Å². The predicted molar refractivity (Wildman–Crippen MR) is 142 cm³/mol. The molecule has 0 radical (unpaired) electrons. The van der Waals surface area contributed by atoms with Gasteiger partial charge in [0.05, 0.1) is 16.7 Å². The monoisotopic (exact) mass is 553 g/mol. The maximum atomic E-state index is 13.3. The largest absolute Gasteiger partial charge is 0.370 e. The maximum Gasteiger partial charge on any atom is 0.246 e. The van der Waals surface area contributed by atoms with Gasteiger partial charge in [0.25, 0.3) is 0 Å². The topological polar surface area (TPSA) is 78.9 Å². The summed E-state index contributed by atoms with van der Waals surface area (Å²) in [5.74, 6) is -0.240. The van der Waals surface area contributed by atoms with Gasteiger partial charge in [-0.2, -0.15) is 4.31 Å². The molecule has 0 spiro atoms. The van der Waals surface area contributed by atoms with E-state index in [0.29, 0.717) is 19.5 Å². The van der Waals surface area contributed by atoms with Crippen molar-refractivity contribution in [2.75, 3.05) is 32.8 Å². The second kappa shape index (κ2) is 12.7. The lowest BCUT2D eigenvalue weighted by Crippen LogP contribution is -2.46. The van der Waals surface area contributed by atoms with E-state index in [2.05, 4.69) is 22.3 Å². The van der Waals surface area contributed by atoms with Crippen LogP contribution in [0, 0.1) is 0 Å². The van der Waals surface area contributed by atoms with Crippen molar-refractivity contribution in [2.45, 2.75) is 56.1 Å². The van der Waals surface area contributed by atoms with E-state index in [9.17, 15) is 13.2 Å². The number of halogens is 2. The highest BCUT2D eigenvalue weighted by Gasteiger charge is 2.36. The van der Waals surface area contributed by atoms with Crippen molar-refractivity contribution in [3.8, 4) is 0 Å². The molecule has 1 amide bonds. The first-order valence-electron chi connectivity index (χ1n) is 12.4. The van der Waals surface area contributed by atoms with Gasteiger partial charge in [-0.05, 0) is 62.0 Å². The lowest BCUT2D eigenvalue weighted by molar-refractivity contribution is -0.126. The number of hydrogen-bond donors (Lipinski definition) is 1. The third kappa shape index (κ3) is 7.00. The zero-order chi connectivity index (χ0) is 25.5. The molecule has 0 aromatic heterocycles. The van der Waals surface area contributed by atoms with Crippen molar-refractivity contribution in [3.63, 3.8) is 0 Å². The van der Waals surface area contributed by atoms with Crippen molar-refractivity contribution in [1.29, 1.82) is 0 Å². The highest BCUT2D eigenvalue weighted by atomic mass is 35.5. The Bertz CT molecular complexity index is 1120. The Morgan fingerprint density at radius 2 is 1.58 bits per heavy atom. The van der Waals surface area contributed by atoms with Gasteiger partial charge in [0.2, 0.25) is 15.9 Å². The second-order valence-corrected chi connectivity index (χ2v) is 12.0. The first-order chi connectivity index (χ1) is 17.3. The van der Waals surface area contributed by atoms with Gasteiger partial charge >= 0.3 is 0 Å². The molecule has 7 nitrogen and oxygen atoms in total. The standard InChI is InChI=1S/C26H33Cl2N3O4S/c27-23-7-5-8-24(28)26(23)36(33,34)31-15-2-1-6-22(31)18-35-19-25(32)29-16-20-9-11-21(12-10-20)17-30-13-3-4-14-30/h5,7-12,22H,1-4,6,13-19H2,(H,29,32). The minimum Gasteiger partial charge on any atom is -0.370 e. The highest BCUT2D eigenvalue weighted by Crippen LogP contribution is 2.34. The fourth-order valence-corrected chi connectivity index (χ4v) is 7.58. The number of likely N-dealkylation sites (tertiary alicyclic amines) is 1. The molecular formula is C26H33Cl2N3O4S. The minimum atomic E-state index is -3.89. The summed E-state index contributed by atoms with van der Waals surface area (Å²) in [5, 5.41) is 3.06. The number of benzene rings is 2. The molecule has 0 saturated carbocycles. The first-order valence-corrected chi connectivity index (χ1v) is 14.6. The Balaban J connectivity index is 1.25. The fraction of sp³-hybridized carbons (Fsp3) is 0.500. The summed E-state index contributed by atoms with van der Waals surface area (Å²) < 4.78 is 33.7. The van der Waals surface area contributed by atoms with Crippen LogP contribution in [0.25, 0.3) is 0 Å². The molecule has 2 aromatic rings. The predicted octanol–water partition coefficient (Wildman–Crippen LogP) is 4.47. The van der Waals surface area contributed by atoms with E-state index in [-0.39, 0.29) is 40.1 Å². The van der Waals surface area contributed by atoms with E-state index in [4.69, 9.17) is 27.9 Å². The number of nitrogens with one attached hydrogen (secondary N) is 1. The number of amides is 1. The molecule has 0 bridgehead atoms. The van der Waals surface area contributed by atoms with Gasteiger partial charge in [0.1, 0.15) is 11.5 Å². The molecule has 2 fully saturated rings. The molecule has 4 rings (SSSR count). The Hall–Kier alpha value is -1.68. The first kappa shape index (κ1) is 27.4. The van der Waals surface area contributed by atoms with E-state index < -0.39 is 10.0 Å². The van der Waals surface area contributed by atoms with Gasteiger partial charge in [-0.3, -0.25) is 9.69 Å². The minimum absolute atomic E-state index is 0.0792. The van der Waals surface area contributed by atoms with Crippen molar-refractivity contribution < 1.29 is 17.9 Å². The summed E-state index contributed by atoms with van der Waals surface area (Å²) in [7, 11) is -3.89. The summed E-state index contributed by atoms with van der Waals surface area (Å²) in [6.07, 6.45) is 4.82. The van der Waals surface area contributed by atoms with Crippen LogP contribution in [0.4, 0.5) is 0 Å². The van der Waals surface area contributed by atoms with E-state index in [1.54, 1.807) is 6.07 Å². The van der Waals surface area contributed by atoms with Crippen LogP contribution >= 0.6 is 23.2 Å². The van der Waals surface area contributed by atoms with E-state index in [1.165, 1.54) is 34.8 Å². The van der Waals surface area contributed by atoms with Crippen LogP contribution in [0.1, 0.15) is 43.2 Å². The summed E-state index contributed by atoms with van der Waals surface area (Å²) >= 11 is 12.4. The van der Waals surface area contributed by atoms with Gasteiger partial charge in [0, 0.05) is 25.7 Å². The summed E-state index contributed by atoms with van der Waals surface area (Å²) in [5.41, 5.74) is 2.30. The molecule has 2 aliphatic rings. The van der Waals surface area contributed by atoms with Gasteiger partial charge < -0.3 is 10.1 Å². The Kier molecular flexibility index (Phi) is 9.66. The number of piperidine rings is 1. The number of carbonyl (C=O) groups is 1.